The summed E-state index contributed by atoms with van der Waals surface area (Å²) in [6.07, 6.45) is 5.61. The monoisotopic (exact) mass is 270 g/mol. The molecule has 1 saturated carbocycles. The van der Waals surface area contributed by atoms with Crippen molar-refractivity contribution in [2.75, 3.05) is 19.8 Å². The molecular formula is C16H30O3. The molecule has 1 atom stereocenters. The van der Waals surface area contributed by atoms with Crippen molar-refractivity contribution in [1.29, 1.82) is 0 Å². The van der Waals surface area contributed by atoms with E-state index in [2.05, 4.69) is 13.8 Å². The van der Waals surface area contributed by atoms with Crippen LogP contribution in [0, 0.1) is 17.3 Å². The van der Waals surface area contributed by atoms with Crippen LogP contribution in [-0.2, 0) is 14.3 Å². The lowest BCUT2D eigenvalue weighted by Gasteiger charge is -2.37. The van der Waals surface area contributed by atoms with Crippen molar-refractivity contribution in [3.63, 3.8) is 0 Å². The number of rotatable bonds is 8. The number of carbonyl (C=O) groups excluding carboxylic acids is 1. The van der Waals surface area contributed by atoms with Crippen LogP contribution in [0.5, 0.6) is 0 Å². The van der Waals surface area contributed by atoms with Gasteiger partial charge in [-0.15, -0.1) is 0 Å². The van der Waals surface area contributed by atoms with E-state index in [1.807, 2.05) is 13.8 Å². The van der Waals surface area contributed by atoms with Gasteiger partial charge in [-0.2, -0.15) is 0 Å². The van der Waals surface area contributed by atoms with E-state index in [4.69, 9.17) is 9.47 Å². The number of esters is 1. The molecule has 3 heteroatoms. The third-order valence-corrected chi connectivity index (χ3v) is 4.15. The van der Waals surface area contributed by atoms with Gasteiger partial charge in [0.1, 0.15) is 0 Å². The van der Waals surface area contributed by atoms with E-state index in [0.717, 1.165) is 19.3 Å². The Morgan fingerprint density at radius 2 is 1.84 bits per heavy atom. The van der Waals surface area contributed by atoms with E-state index in [0.29, 0.717) is 31.7 Å². The number of hydrogen-bond donors (Lipinski definition) is 0. The summed E-state index contributed by atoms with van der Waals surface area (Å²) in [5.74, 6) is 0.870. The van der Waals surface area contributed by atoms with E-state index >= 15 is 0 Å². The van der Waals surface area contributed by atoms with E-state index in [1.54, 1.807) is 0 Å². The molecule has 1 unspecified atom stereocenters. The lowest BCUT2D eigenvalue weighted by Crippen LogP contribution is -2.44. The Morgan fingerprint density at radius 3 is 2.32 bits per heavy atom. The fourth-order valence-electron chi connectivity index (χ4n) is 3.42. The van der Waals surface area contributed by atoms with Crippen LogP contribution in [0.25, 0.3) is 0 Å². The van der Waals surface area contributed by atoms with E-state index in [-0.39, 0.29) is 5.97 Å². The van der Waals surface area contributed by atoms with Crippen molar-refractivity contribution in [2.24, 2.45) is 17.3 Å². The quantitative estimate of drug-likeness (QED) is 0.629. The van der Waals surface area contributed by atoms with Crippen LogP contribution in [0.2, 0.25) is 0 Å². The summed E-state index contributed by atoms with van der Waals surface area (Å²) < 4.78 is 11.1. The molecule has 0 aromatic heterocycles. The van der Waals surface area contributed by atoms with Crippen molar-refractivity contribution in [2.45, 2.75) is 59.8 Å². The molecule has 19 heavy (non-hydrogen) atoms. The first-order valence-electron chi connectivity index (χ1n) is 7.81. The highest BCUT2D eigenvalue weighted by Gasteiger charge is 2.48. The molecule has 0 aromatic carbocycles. The third kappa shape index (κ3) is 4.20. The van der Waals surface area contributed by atoms with Crippen molar-refractivity contribution in [1.82, 2.24) is 0 Å². The molecule has 0 radical (unpaired) electrons. The maximum atomic E-state index is 12.6. The summed E-state index contributed by atoms with van der Waals surface area (Å²) in [6, 6.07) is 0. The predicted octanol–water partition coefficient (Wildman–Crippen LogP) is 3.81. The average Bonchev–Trinajstić information content (AvgIpc) is 2.88. The second-order valence-electron chi connectivity index (χ2n) is 6.09. The van der Waals surface area contributed by atoms with Crippen LogP contribution < -0.4 is 0 Å². The van der Waals surface area contributed by atoms with Gasteiger partial charge in [-0.3, -0.25) is 4.79 Å². The average molecular weight is 270 g/mol. The minimum absolute atomic E-state index is 0.0379. The first kappa shape index (κ1) is 16.5. The van der Waals surface area contributed by atoms with E-state index in [9.17, 15) is 4.79 Å². The molecule has 1 rings (SSSR count). The molecule has 112 valence electrons. The van der Waals surface area contributed by atoms with Gasteiger partial charge >= 0.3 is 5.97 Å². The Morgan fingerprint density at radius 1 is 1.21 bits per heavy atom. The van der Waals surface area contributed by atoms with Crippen LogP contribution in [-0.4, -0.2) is 25.8 Å². The topological polar surface area (TPSA) is 35.5 Å². The summed E-state index contributed by atoms with van der Waals surface area (Å²) >= 11 is 0. The van der Waals surface area contributed by atoms with E-state index in [1.165, 1.54) is 12.8 Å². The van der Waals surface area contributed by atoms with Gasteiger partial charge in [-0.1, -0.05) is 26.7 Å². The lowest BCUT2D eigenvalue weighted by atomic mass is 9.69. The standard InChI is InChI=1S/C16H30O3/c1-5-18-12-16(11-13(3)4,15(17)19-6-2)14-9-7-8-10-14/h13-14H,5-12H2,1-4H3. The van der Waals surface area contributed by atoms with Gasteiger partial charge < -0.3 is 9.47 Å². The van der Waals surface area contributed by atoms with Crippen LogP contribution in [0.4, 0.5) is 0 Å². The maximum Gasteiger partial charge on any atom is 0.314 e. The van der Waals surface area contributed by atoms with Crippen molar-refractivity contribution >= 4 is 5.97 Å². The third-order valence-electron chi connectivity index (χ3n) is 4.15. The normalized spacial score (nSPS) is 19.6. The second-order valence-corrected chi connectivity index (χ2v) is 6.09. The summed E-state index contributed by atoms with van der Waals surface area (Å²) in [5, 5.41) is 0. The minimum Gasteiger partial charge on any atom is -0.465 e. The molecule has 1 fully saturated rings. The van der Waals surface area contributed by atoms with Crippen molar-refractivity contribution in [3.05, 3.63) is 0 Å². The van der Waals surface area contributed by atoms with Gasteiger partial charge in [0.05, 0.1) is 18.6 Å². The number of carbonyl (C=O) groups is 1. The molecule has 1 aliphatic carbocycles. The highest BCUT2D eigenvalue weighted by molar-refractivity contribution is 5.77. The highest BCUT2D eigenvalue weighted by Crippen LogP contribution is 2.45. The molecule has 0 spiro atoms. The fraction of sp³-hybridized carbons (Fsp3) is 0.938. The Labute approximate surface area is 118 Å². The minimum atomic E-state index is -0.420. The highest BCUT2D eigenvalue weighted by atomic mass is 16.5. The molecule has 0 saturated heterocycles. The van der Waals surface area contributed by atoms with Gasteiger partial charge in [0.15, 0.2) is 0 Å². The zero-order valence-corrected chi connectivity index (χ0v) is 13.0. The summed E-state index contributed by atoms with van der Waals surface area (Å²) in [5.41, 5.74) is -0.420. The van der Waals surface area contributed by atoms with Crippen LogP contribution in [0.3, 0.4) is 0 Å². The molecule has 0 aromatic rings. The van der Waals surface area contributed by atoms with Gasteiger partial charge in [0.2, 0.25) is 0 Å². The maximum absolute atomic E-state index is 12.6. The van der Waals surface area contributed by atoms with Gasteiger partial charge in [0.25, 0.3) is 0 Å². The first-order valence-corrected chi connectivity index (χ1v) is 7.81. The molecular weight excluding hydrogens is 240 g/mol. The smallest absolute Gasteiger partial charge is 0.314 e. The Bertz CT molecular complexity index is 269. The molecule has 1 aliphatic rings. The molecule has 0 amide bonds. The molecule has 0 N–H and O–H groups in total. The Balaban J connectivity index is 2.95. The fourth-order valence-corrected chi connectivity index (χ4v) is 3.42. The predicted molar refractivity (Wildman–Crippen MR) is 77.0 cm³/mol. The summed E-state index contributed by atoms with van der Waals surface area (Å²) in [6.45, 7) is 9.85. The zero-order valence-electron chi connectivity index (χ0n) is 13.0. The molecule has 0 heterocycles. The van der Waals surface area contributed by atoms with Crippen molar-refractivity contribution in [3.8, 4) is 0 Å². The summed E-state index contributed by atoms with van der Waals surface area (Å²) in [4.78, 5) is 12.6. The molecule has 0 bridgehead atoms. The number of hydrogen-bond acceptors (Lipinski definition) is 3. The van der Waals surface area contributed by atoms with Gasteiger partial charge in [-0.05, 0) is 44.9 Å². The number of ether oxygens (including phenoxy) is 2. The van der Waals surface area contributed by atoms with Crippen molar-refractivity contribution < 1.29 is 14.3 Å². The molecule has 0 aliphatic heterocycles. The van der Waals surface area contributed by atoms with Crippen LogP contribution in [0.1, 0.15) is 59.8 Å². The molecule has 3 nitrogen and oxygen atoms in total. The van der Waals surface area contributed by atoms with Gasteiger partial charge in [-0.25, -0.2) is 0 Å². The largest absolute Gasteiger partial charge is 0.465 e. The summed E-state index contributed by atoms with van der Waals surface area (Å²) in [7, 11) is 0. The second kappa shape index (κ2) is 7.88. The zero-order chi connectivity index (χ0) is 14.3. The SMILES string of the molecule is CCOCC(CC(C)C)(C(=O)OCC)C1CCCC1. The Hall–Kier alpha value is -0.570. The van der Waals surface area contributed by atoms with Crippen LogP contribution in [0.15, 0.2) is 0 Å². The lowest BCUT2D eigenvalue weighted by molar-refractivity contribution is -0.166. The Kier molecular flexibility index (Phi) is 6.84. The van der Waals surface area contributed by atoms with E-state index < -0.39 is 5.41 Å². The van der Waals surface area contributed by atoms with Crippen LogP contribution >= 0.6 is 0 Å². The first-order chi connectivity index (χ1) is 9.06. The van der Waals surface area contributed by atoms with Gasteiger partial charge in [0, 0.05) is 6.61 Å².